The van der Waals surface area contributed by atoms with Crippen molar-refractivity contribution in [1.29, 1.82) is 0 Å². The van der Waals surface area contributed by atoms with Crippen molar-refractivity contribution in [2.45, 2.75) is 24.3 Å². The minimum Gasteiger partial charge on any atom is -0.486 e. The van der Waals surface area contributed by atoms with Crippen molar-refractivity contribution in [2.24, 2.45) is 0 Å². The van der Waals surface area contributed by atoms with Crippen molar-refractivity contribution in [1.82, 2.24) is 0 Å². The predicted octanol–water partition coefficient (Wildman–Crippen LogP) is 3.79. The van der Waals surface area contributed by atoms with Crippen LogP contribution >= 0.6 is 27.5 Å². The second-order valence-corrected chi connectivity index (χ2v) is 4.79. The number of para-hydroxylation sites is 1. The van der Waals surface area contributed by atoms with E-state index in [-0.39, 0.29) is 6.10 Å². The highest BCUT2D eigenvalue weighted by atomic mass is 79.9. The Morgan fingerprint density at radius 1 is 1.50 bits per heavy atom. The number of benzene rings is 1. The summed E-state index contributed by atoms with van der Waals surface area (Å²) >= 11 is 9.58. The summed E-state index contributed by atoms with van der Waals surface area (Å²) in [6, 6.07) is 5.80. The SMILES string of the molecule is Clc1cccc(CBr)c1OC1CCCOC1. The van der Waals surface area contributed by atoms with Crippen LogP contribution in [0.4, 0.5) is 0 Å². The first kappa shape index (κ1) is 12.2. The van der Waals surface area contributed by atoms with E-state index in [1.807, 2.05) is 18.2 Å². The van der Waals surface area contributed by atoms with Gasteiger partial charge in [0.25, 0.3) is 0 Å². The van der Waals surface area contributed by atoms with E-state index in [0.29, 0.717) is 11.6 Å². The van der Waals surface area contributed by atoms with Crippen LogP contribution in [0.5, 0.6) is 5.75 Å². The molecule has 2 nitrogen and oxygen atoms in total. The average Bonchev–Trinajstić information content (AvgIpc) is 2.33. The van der Waals surface area contributed by atoms with Gasteiger partial charge in [0.1, 0.15) is 11.9 Å². The first-order chi connectivity index (χ1) is 7.81. The van der Waals surface area contributed by atoms with E-state index in [4.69, 9.17) is 21.1 Å². The zero-order valence-corrected chi connectivity index (χ0v) is 11.3. The Morgan fingerprint density at radius 3 is 3.06 bits per heavy atom. The summed E-state index contributed by atoms with van der Waals surface area (Å²) in [4.78, 5) is 0. The van der Waals surface area contributed by atoms with E-state index in [1.165, 1.54) is 0 Å². The minimum absolute atomic E-state index is 0.131. The van der Waals surface area contributed by atoms with Crippen LogP contribution < -0.4 is 4.74 Å². The third-order valence-corrected chi connectivity index (χ3v) is 3.50. The quantitative estimate of drug-likeness (QED) is 0.791. The molecule has 16 heavy (non-hydrogen) atoms. The van der Waals surface area contributed by atoms with Gasteiger partial charge in [0, 0.05) is 17.5 Å². The van der Waals surface area contributed by atoms with Crippen molar-refractivity contribution < 1.29 is 9.47 Å². The fourth-order valence-electron chi connectivity index (χ4n) is 1.76. The van der Waals surface area contributed by atoms with Crippen molar-refractivity contribution in [2.75, 3.05) is 13.2 Å². The molecule has 2 rings (SSSR count). The highest BCUT2D eigenvalue weighted by Crippen LogP contribution is 2.32. The molecule has 0 spiro atoms. The number of alkyl halides is 1. The molecule has 0 N–H and O–H groups in total. The summed E-state index contributed by atoms with van der Waals surface area (Å²) < 4.78 is 11.3. The zero-order chi connectivity index (χ0) is 11.4. The summed E-state index contributed by atoms with van der Waals surface area (Å²) in [5.74, 6) is 0.788. The van der Waals surface area contributed by atoms with Crippen molar-refractivity contribution in [3.63, 3.8) is 0 Å². The van der Waals surface area contributed by atoms with E-state index in [0.717, 1.165) is 36.1 Å². The minimum atomic E-state index is 0.131. The highest BCUT2D eigenvalue weighted by molar-refractivity contribution is 9.08. The summed E-state index contributed by atoms with van der Waals surface area (Å²) in [5, 5.41) is 1.42. The molecule has 1 aliphatic rings. The lowest BCUT2D eigenvalue weighted by Crippen LogP contribution is -2.28. The zero-order valence-electron chi connectivity index (χ0n) is 8.92. The molecule has 0 amide bonds. The first-order valence-corrected chi connectivity index (χ1v) is 6.89. The Labute approximate surface area is 109 Å². The summed E-state index contributed by atoms with van der Waals surface area (Å²) in [6.07, 6.45) is 2.22. The second-order valence-electron chi connectivity index (χ2n) is 3.82. The van der Waals surface area contributed by atoms with Crippen molar-refractivity contribution >= 4 is 27.5 Å². The van der Waals surface area contributed by atoms with Crippen LogP contribution in [0.1, 0.15) is 18.4 Å². The van der Waals surface area contributed by atoms with Gasteiger partial charge in [0.2, 0.25) is 0 Å². The van der Waals surface area contributed by atoms with Crippen LogP contribution in [0.2, 0.25) is 5.02 Å². The number of hydrogen-bond donors (Lipinski definition) is 0. The van der Waals surface area contributed by atoms with Gasteiger partial charge in [-0.05, 0) is 18.9 Å². The Bertz CT molecular complexity index is 351. The third kappa shape index (κ3) is 2.90. The molecular formula is C12H14BrClO2. The van der Waals surface area contributed by atoms with Crippen molar-refractivity contribution in [3.8, 4) is 5.75 Å². The van der Waals surface area contributed by atoms with E-state index in [9.17, 15) is 0 Å². The third-order valence-electron chi connectivity index (χ3n) is 2.60. The number of halogens is 2. The molecule has 0 aliphatic carbocycles. The number of hydrogen-bond acceptors (Lipinski definition) is 2. The van der Waals surface area contributed by atoms with Gasteiger partial charge in [-0.15, -0.1) is 0 Å². The monoisotopic (exact) mass is 304 g/mol. The maximum atomic E-state index is 6.14. The maximum Gasteiger partial charge on any atom is 0.142 e. The molecule has 1 saturated heterocycles. The van der Waals surface area contributed by atoms with Crippen LogP contribution in [0.15, 0.2) is 18.2 Å². The Kier molecular flexibility index (Phi) is 4.50. The second kappa shape index (κ2) is 5.89. The fourth-order valence-corrected chi connectivity index (χ4v) is 2.44. The lowest BCUT2D eigenvalue weighted by molar-refractivity contribution is 0.00718. The molecule has 0 aromatic heterocycles. The van der Waals surface area contributed by atoms with E-state index < -0.39 is 0 Å². The predicted molar refractivity (Wildman–Crippen MR) is 68.6 cm³/mol. The van der Waals surface area contributed by atoms with Crippen LogP contribution in [-0.4, -0.2) is 19.3 Å². The molecule has 0 radical (unpaired) electrons. The fraction of sp³-hybridized carbons (Fsp3) is 0.500. The van der Waals surface area contributed by atoms with Crippen LogP contribution in [0, 0.1) is 0 Å². The van der Waals surface area contributed by atoms with Gasteiger partial charge in [-0.25, -0.2) is 0 Å². The standard InChI is InChI=1S/C12H14BrClO2/c13-7-9-3-1-5-11(14)12(9)16-10-4-2-6-15-8-10/h1,3,5,10H,2,4,6-8H2. The van der Waals surface area contributed by atoms with E-state index in [2.05, 4.69) is 15.9 Å². The number of rotatable bonds is 3. The molecule has 88 valence electrons. The normalized spacial score (nSPS) is 20.8. The first-order valence-electron chi connectivity index (χ1n) is 5.39. The topological polar surface area (TPSA) is 18.5 Å². The van der Waals surface area contributed by atoms with Crippen LogP contribution in [0.25, 0.3) is 0 Å². The van der Waals surface area contributed by atoms with Gasteiger partial charge in [-0.3, -0.25) is 0 Å². The maximum absolute atomic E-state index is 6.14. The summed E-state index contributed by atoms with van der Waals surface area (Å²) in [7, 11) is 0. The smallest absolute Gasteiger partial charge is 0.142 e. The molecule has 1 atom stereocenters. The molecule has 1 heterocycles. The molecule has 0 bridgehead atoms. The van der Waals surface area contributed by atoms with Gasteiger partial charge in [-0.1, -0.05) is 39.7 Å². The molecule has 1 aliphatic heterocycles. The average molecular weight is 306 g/mol. The van der Waals surface area contributed by atoms with Crippen molar-refractivity contribution in [3.05, 3.63) is 28.8 Å². The lowest BCUT2D eigenvalue weighted by Gasteiger charge is -2.24. The molecule has 0 saturated carbocycles. The summed E-state index contributed by atoms with van der Waals surface area (Å²) in [5.41, 5.74) is 1.08. The van der Waals surface area contributed by atoms with Gasteiger partial charge in [-0.2, -0.15) is 0 Å². The van der Waals surface area contributed by atoms with E-state index >= 15 is 0 Å². The van der Waals surface area contributed by atoms with Crippen LogP contribution in [-0.2, 0) is 10.1 Å². The van der Waals surface area contributed by atoms with Crippen LogP contribution in [0.3, 0.4) is 0 Å². The lowest BCUT2D eigenvalue weighted by atomic mass is 10.1. The largest absolute Gasteiger partial charge is 0.486 e. The Hall–Kier alpha value is -0.250. The van der Waals surface area contributed by atoms with Gasteiger partial charge < -0.3 is 9.47 Å². The van der Waals surface area contributed by atoms with Gasteiger partial charge in [0.15, 0.2) is 0 Å². The summed E-state index contributed by atoms with van der Waals surface area (Å²) in [6.45, 7) is 1.50. The molecule has 1 fully saturated rings. The Morgan fingerprint density at radius 2 is 2.38 bits per heavy atom. The molecular weight excluding hydrogens is 291 g/mol. The molecule has 1 aromatic carbocycles. The van der Waals surface area contributed by atoms with Gasteiger partial charge in [0.05, 0.1) is 11.6 Å². The highest BCUT2D eigenvalue weighted by Gasteiger charge is 2.18. The van der Waals surface area contributed by atoms with Gasteiger partial charge >= 0.3 is 0 Å². The molecule has 4 heteroatoms. The Balaban J connectivity index is 2.12. The van der Waals surface area contributed by atoms with E-state index in [1.54, 1.807) is 0 Å². The number of ether oxygens (including phenoxy) is 2. The molecule has 1 unspecified atom stereocenters. The molecule has 1 aromatic rings.